The average Bonchev–Trinajstić information content (AvgIpc) is 3.13. The van der Waals surface area contributed by atoms with Crippen molar-refractivity contribution >= 4 is 11.8 Å². The Morgan fingerprint density at radius 2 is 1.93 bits per heavy atom. The molecule has 0 saturated carbocycles. The molecule has 2 saturated heterocycles. The molecule has 1 unspecified atom stereocenters. The highest BCUT2D eigenvalue weighted by atomic mass is 16.5. The molecule has 8 heteroatoms. The van der Waals surface area contributed by atoms with E-state index >= 15 is 0 Å². The van der Waals surface area contributed by atoms with Crippen molar-refractivity contribution in [2.24, 2.45) is 0 Å². The van der Waals surface area contributed by atoms with Gasteiger partial charge in [0, 0.05) is 44.1 Å². The van der Waals surface area contributed by atoms with Gasteiger partial charge in [0.05, 0.1) is 12.5 Å². The van der Waals surface area contributed by atoms with Crippen LogP contribution >= 0.6 is 0 Å². The Kier molecular flexibility index (Phi) is 6.14. The van der Waals surface area contributed by atoms with Crippen LogP contribution in [0.5, 0.6) is 0 Å². The zero-order valence-corrected chi connectivity index (χ0v) is 16.8. The molecule has 0 radical (unpaired) electrons. The van der Waals surface area contributed by atoms with Crippen molar-refractivity contribution in [1.29, 1.82) is 0 Å². The lowest BCUT2D eigenvalue weighted by molar-refractivity contribution is -0.140. The van der Waals surface area contributed by atoms with Gasteiger partial charge in [-0.25, -0.2) is 0 Å². The molecule has 1 aromatic heterocycles. The molecule has 1 N–H and O–H groups in total. The largest absolute Gasteiger partial charge is 0.353 e. The molecule has 8 nitrogen and oxygen atoms in total. The number of rotatable bonds is 5. The molecular weight excluding hydrogens is 346 g/mol. The van der Waals surface area contributed by atoms with Crippen LogP contribution in [0.15, 0.2) is 4.52 Å². The third-order valence-electron chi connectivity index (χ3n) is 5.57. The first-order valence-corrected chi connectivity index (χ1v) is 10.0. The molecule has 0 aromatic carbocycles. The van der Waals surface area contributed by atoms with Gasteiger partial charge in [-0.1, -0.05) is 19.0 Å². The molecule has 2 aliphatic heterocycles. The molecule has 1 aromatic rings. The summed E-state index contributed by atoms with van der Waals surface area (Å²) in [5.74, 6) is 1.89. The zero-order valence-electron chi connectivity index (χ0n) is 16.8. The second-order valence-corrected chi connectivity index (χ2v) is 8.14. The number of nitrogens with zero attached hydrogens (tertiary/aromatic N) is 4. The summed E-state index contributed by atoms with van der Waals surface area (Å²) in [6.45, 7) is 11.0. The summed E-state index contributed by atoms with van der Waals surface area (Å²) in [6.07, 6.45) is 1.87. The monoisotopic (exact) mass is 377 g/mol. The van der Waals surface area contributed by atoms with Gasteiger partial charge in [0.15, 0.2) is 5.82 Å². The first kappa shape index (κ1) is 19.8. The van der Waals surface area contributed by atoms with Gasteiger partial charge in [-0.05, 0) is 26.7 Å². The quantitative estimate of drug-likeness (QED) is 0.836. The van der Waals surface area contributed by atoms with Crippen LogP contribution in [0.1, 0.15) is 70.5 Å². The van der Waals surface area contributed by atoms with Crippen LogP contribution in [-0.2, 0) is 9.59 Å². The molecule has 150 valence electrons. The topological polar surface area (TPSA) is 91.6 Å². The second-order valence-electron chi connectivity index (χ2n) is 8.14. The van der Waals surface area contributed by atoms with Crippen LogP contribution < -0.4 is 5.32 Å². The number of carbonyl (C=O) groups is 2. The number of nitrogens with one attached hydrogen (secondary N) is 1. The fourth-order valence-corrected chi connectivity index (χ4v) is 3.88. The van der Waals surface area contributed by atoms with Crippen molar-refractivity contribution in [2.45, 2.75) is 70.9 Å². The van der Waals surface area contributed by atoms with Crippen LogP contribution in [0.2, 0.25) is 0 Å². The second kappa shape index (κ2) is 8.37. The Labute approximate surface area is 160 Å². The lowest BCUT2D eigenvalue weighted by Gasteiger charge is -2.39. The number of carbonyl (C=O) groups excluding carboxylic acids is 2. The number of aromatic nitrogens is 2. The van der Waals surface area contributed by atoms with Crippen molar-refractivity contribution < 1.29 is 14.1 Å². The Morgan fingerprint density at radius 3 is 2.52 bits per heavy atom. The van der Waals surface area contributed by atoms with E-state index in [1.807, 2.05) is 18.7 Å². The average molecular weight is 377 g/mol. The number of piperazine rings is 1. The predicted octanol–water partition coefficient (Wildman–Crippen LogP) is 1.50. The van der Waals surface area contributed by atoms with Crippen LogP contribution in [0.25, 0.3) is 0 Å². The van der Waals surface area contributed by atoms with E-state index in [4.69, 9.17) is 4.52 Å². The number of hydrogen-bond acceptors (Lipinski definition) is 6. The molecular formula is C19H31N5O3. The minimum Gasteiger partial charge on any atom is -0.353 e. The molecule has 3 rings (SSSR count). The van der Waals surface area contributed by atoms with Gasteiger partial charge in [-0.15, -0.1) is 0 Å². The summed E-state index contributed by atoms with van der Waals surface area (Å²) in [7, 11) is 0. The number of amides is 2. The lowest BCUT2D eigenvalue weighted by Crippen LogP contribution is -2.58. The van der Waals surface area contributed by atoms with Crippen molar-refractivity contribution in [2.75, 3.05) is 26.2 Å². The summed E-state index contributed by atoms with van der Waals surface area (Å²) in [6, 6.07) is -0.124. The van der Waals surface area contributed by atoms with E-state index in [2.05, 4.69) is 34.2 Å². The Bertz CT molecular complexity index is 664. The first-order chi connectivity index (χ1) is 12.9. The lowest BCUT2D eigenvalue weighted by atomic mass is 9.96. The van der Waals surface area contributed by atoms with Gasteiger partial charge >= 0.3 is 0 Å². The Balaban J connectivity index is 1.55. The molecule has 1 atom stereocenters. The summed E-state index contributed by atoms with van der Waals surface area (Å²) in [5, 5.41) is 6.93. The maximum absolute atomic E-state index is 12.8. The Hall–Kier alpha value is -1.96. The van der Waals surface area contributed by atoms with Gasteiger partial charge in [-0.2, -0.15) is 4.98 Å². The molecule has 3 heterocycles. The van der Waals surface area contributed by atoms with E-state index in [1.54, 1.807) is 0 Å². The highest BCUT2D eigenvalue weighted by Gasteiger charge is 2.35. The van der Waals surface area contributed by atoms with Gasteiger partial charge in [-0.3, -0.25) is 14.5 Å². The Morgan fingerprint density at radius 1 is 1.22 bits per heavy atom. The zero-order chi connectivity index (χ0) is 19.6. The van der Waals surface area contributed by atoms with Gasteiger partial charge < -0.3 is 14.7 Å². The van der Waals surface area contributed by atoms with E-state index in [0.717, 1.165) is 25.2 Å². The smallest absolute Gasteiger partial charge is 0.237 e. The van der Waals surface area contributed by atoms with E-state index in [0.29, 0.717) is 25.5 Å². The fourth-order valence-electron chi connectivity index (χ4n) is 3.88. The maximum atomic E-state index is 12.8. The number of likely N-dealkylation sites (tertiary alicyclic amines) is 1. The summed E-state index contributed by atoms with van der Waals surface area (Å²) >= 11 is 0. The minimum absolute atomic E-state index is 0.0368. The summed E-state index contributed by atoms with van der Waals surface area (Å²) in [4.78, 5) is 33.5. The van der Waals surface area contributed by atoms with Crippen LogP contribution in [0.3, 0.4) is 0 Å². The van der Waals surface area contributed by atoms with E-state index in [1.165, 1.54) is 0 Å². The standard InChI is InChI=1S/C19H31N5O3/c1-12(2)17-21-19(27-22-17)14-5-8-23(9-6-14)16(25)11-15-18(26)20-7-10-24(15)13(3)4/h12-15H,5-11H2,1-4H3,(H,20,26). The highest BCUT2D eigenvalue weighted by molar-refractivity contribution is 5.89. The SMILES string of the molecule is CC(C)c1noc(C2CCN(C(=O)CC3C(=O)NCCN3C(C)C)CC2)n1. The van der Waals surface area contributed by atoms with E-state index < -0.39 is 0 Å². The van der Waals surface area contributed by atoms with Crippen molar-refractivity contribution in [3.63, 3.8) is 0 Å². The van der Waals surface area contributed by atoms with Gasteiger partial charge in [0.1, 0.15) is 0 Å². The fraction of sp³-hybridized carbons (Fsp3) is 0.789. The summed E-state index contributed by atoms with van der Waals surface area (Å²) < 4.78 is 5.41. The van der Waals surface area contributed by atoms with E-state index in [-0.39, 0.29) is 42.2 Å². The third kappa shape index (κ3) is 4.48. The molecule has 2 amide bonds. The molecule has 0 aliphatic carbocycles. The van der Waals surface area contributed by atoms with Crippen LogP contribution in [-0.4, -0.2) is 70.0 Å². The number of hydrogen-bond donors (Lipinski definition) is 1. The molecule has 0 spiro atoms. The molecule has 2 fully saturated rings. The summed E-state index contributed by atoms with van der Waals surface area (Å²) in [5.41, 5.74) is 0. The molecule has 0 bridgehead atoms. The van der Waals surface area contributed by atoms with Crippen molar-refractivity contribution in [3.8, 4) is 0 Å². The van der Waals surface area contributed by atoms with Crippen LogP contribution in [0.4, 0.5) is 0 Å². The molecule has 2 aliphatic rings. The normalized spacial score (nSPS) is 22.5. The van der Waals surface area contributed by atoms with Crippen LogP contribution in [0, 0.1) is 0 Å². The molecule has 27 heavy (non-hydrogen) atoms. The van der Waals surface area contributed by atoms with E-state index in [9.17, 15) is 9.59 Å². The third-order valence-corrected chi connectivity index (χ3v) is 5.57. The first-order valence-electron chi connectivity index (χ1n) is 10.0. The highest BCUT2D eigenvalue weighted by Crippen LogP contribution is 2.28. The van der Waals surface area contributed by atoms with Crippen molar-refractivity contribution in [3.05, 3.63) is 11.7 Å². The predicted molar refractivity (Wildman–Crippen MR) is 100 cm³/mol. The van der Waals surface area contributed by atoms with Gasteiger partial charge in [0.25, 0.3) is 0 Å². The minimum atomic E-state index is -0.367. The van der Waals surface area contributed by atoms with Crippen molar-refractivity contribution in [1.82, 2.24) is 25.3 Å². The number of piperidine rings is 1. The van der Waals surface area contributed by atoms with Gasteiger partial charge in [0.2, 0.25) is 17.7 Å². The maximum Gasteiger partial charge on any atom is 0.237 e.